The van der Waals surface area contributed by atoms with Gasteiger partial charge in [0.05, 0.1) is 6.61 Å². The Hall–Kier alpha value is -0.0800. The van der Waals surface area contributed by atoms with Crippen LogP contribution in [0.25, 0.3) is 0 Å². The third-order valence-corrected chi connectivity index (χ3v) is 3.60. The molecule has 0 spiro atoms. The van der Waals surface area contributed by atoms with Gasteiger partial charge < -0.3 is 4.74 Å². The van der Waals surface area contributed by atoms with Crippen molar-refractivity contribution >= 4 is 0 Å². The summed E-state index contributed by atoms with van der Waals surface area (Å²) >= 11 is 0. The van der Waals surface area contributed by atoms with Gasteiger partial charge >= 0.3 is 0 Å². The molecule has 0 aromatic heterocycles. The predicted octanol–water partition coefficient (Wildman–Crippen LogP) is 3.13. The first kappa shape index (κ1) is 13.0. The minimum atomic E-state index is -0.0492. The van der Waals surface area contributed by atoms with Crippen LogP contribution in [0.3, 0.4) is 0 Å². The minimum absolute atomic E-state index is 0.0492. The Morgan fingerprint density at radius 3 is 1.87 bits per heavy atom. The van der Waals surface area contributed by atoms with Crippen molar-refractivity contribution < 1.29 is 4.74 Å². The zero-order valence-corrected chi connectivity index (χ0v) is 11.2. The summed E-state index contributed by atoms with van der Waals surface area (Å²) in [5.74, 6) is 1.08. The second-order valence-corrected chi connectivity index (χ2v) is 5.55. The van der Waals surface area contributed by atoms with Gasteiger partial charge in [-0.3, -0.25) is 4.90 Å². The minimum Gasteiger partial charge on any atom is -0.360 e. The fourth-order valence-corrected chi connectivity index (χ4v) is 3.05. The average Bonchev–Trinajstić information content (AvgIpc) is 2.16. The molecule has 2 heteroatoms. The summed E-state index contributed by atoms with van der Waals surface area (Å²) in [5, 5.41) is 0. The van der Waals surface area contributed by atoms with E-state index in [9.17, 15) is 0 Å². The van der Waals surface area contributed by atoms with E-state index < -0.39 is 0 Å². The van der Waals surface area contributed by atoms with Crippen molar-refractivity contribution in [1.29, 1.82) is 0 Å². The number of hydrogen-bond donors (Lipinski definition) is 0. The molecule has 15 heavy (non-hydrogen) atoms. The Balaban J connectivity index is 2.99. The van der Waals surface area contributed by atoms with Gasteiger partial charge in [0.25, 0.3) is 0 Å². The largest absolute Gasteiger partial charge is 0.360 e. The molecule has 0 N–H and O–H groups in total. The van der Waals surface area contributed by atoms with Gasteiger partial charge in [-0.2, -0.15) is 0 Å². The van der Waals surface area contributed by atoms with Crippen LogP contribution >= 0.6 is 0 Å². The summed E-state index contributed by atoms with van der Waals surface area (Å²) in [6, 6.07) is 0.565. The lowest BCUT2D eigenvalue weighted by atomic mass is 9.84. The lowest BCUT2D eigenvalue weighted by molar-refractivity contribution is -0.245. The lowest BCUT2D eigenvalue weighted by Gasteiger charge is -2.54. The molecule has 1 aliphatic heterocycles. The molecule has 90 valence electrons. The molecule has 0 aromatic rings. The number of ether oxygens (including phenoxy) is 1. The van der Waals surface area contributed by atoms with E-state index in [1.165, 1.54) is 13.0 Å². The lowest BCUT2D eigenvalue weighted by Crippen LogP contribution is -2.63. The molecule has 1 rings (SSSR count). The SMILES string of the molecule is CC(C)N1CCCOC1(C(C)C)C(C)C. The third-order valence-electron chi connectivity index (χ3n) is 3.60. The number of rotatable bonds is 3. The topological polar surface area (TPSA) is 12.5 Å². The molecule has 2 nitrogen and oxygen atoms in total. The highest BCUT2D eigenvalue weighted by Crippen LogP contribution is 2.38. The maximum Gasteiger partial charge on any atom is 0.126 e. The van der Waals surface area contributed by atoms with Crippen molar-refractivity contribution in [3.05, 3.63) is 0 Å². The summed E-state index contributed by atoms with van der Waals surface area (Å²) in [7, 11) is 0. The van der Waals surface area contributed by atoms with E-state index in [0.717, 1.165) is 6.61 Å². The molecule has 1 aliphatic rings. The Morgan fingerprint density at radius 1 is 1.00 bits per heavy atom. The maximum absolute atomic E-state index is 6.19. The van der Waals surface area contributed by atoms with Crippen molar-refractivity contribution in [2.75, 3.05) is 13.2 Å². The molecule has 0 saturated carbocycles. The van der Waals surface area contributed by atoms with Gasteiger partial charge in [0.1, 0.15) is 5.72 Å². The number of nitrogens with zero attached hydrogens (tertiary/aromatic N) is 1. The highest BCUT2D eigenvalue weighted by Gasteiger charge is 2.46. The van der Waals surface area contributed by atoms with Gasteiger partial charge in [0, 0.05) is 12.6 Å². The van der Waals surface area contributed by atoms with E-state index in [4.69, 9.17) is 4.74 Å². The second-order valence-electron chi connectivity index (χ2n) is 5.55. The molecule has 0 aromatic carbocycles. The monoisotopic (exact) mass is 213 g/mol. The van der Waals surface area contributed by atoms with Gasteiger partial charge in [0.15, 0.2) is 0 Å². The molecular formula is C13H27NO. The molecule has 0 amide bonds. The van der Waals surface area contributed by atoms with Crippen molar-refractivity contribution in [3.8, 4) is 0 Å². The summed E-state index contributed by atoms with van der Waals surface area (Å²) in [5.41, 5.74) is -0.0492. The fourth-order valence-electron chi connectivity index (χ4n) is 3.05. The van der Waals surface area contributed by atoms with Crippen LogP contribution in [0.15, 0.2) is 0 Å². The Labute approximate surface area is 95.0 Å². The van der Waals surface area contributed by atoms with E-state index in [0.29, 0.717) is 17.9 Å². The van der Waals surface area contributed by atoms with Crippen molar-refractivity contribution in [2.24, 2.45) is 11.8 Å². The molecule has 1 heterocycles. The first-order chi connectivity index (χ1) is 6.93. The van der Waals surface area contributed by atoms with Gasteiger partial charge in [-0.05, 0) is 32.1 Å². The van der Waals surface area contributed by atoms with Crippen molar-refractivity contribution in [1.82, 2.24) is 4.90 Å². The highest BCUT2D eigenvalue weighted by atomic mass is 16.5. The molecule has 1 fully saturated rings. The van der Waals surface area contributed by atoms with Crippen LogP contribution in [0.5, 0.6) is 0 Å². The van der Waals surface area contributed by atoms with Crippen LogP contribution in [0.1, 0.15) is 48.0 Å². The Bertz CT molecular complexity index is 191. The smallest absolute Gasteiger partial charge is 0.126 e. The summed E-state index contributed by atoms with van der Waals surface area (Å²) in [4.78, 5) is 2.55. The number of hydrogen-bond acceptors (Lipinski definition) is 2. The van der Waals surface area contributed by atoms with Crippen LogP contribution in [-0.4, -0.2) is 29.8 Å². The molecule has 0 atom stereocenters. The second kappa shape index (κ2) is 4.84. The zero-order valence-electron chi connectivity index (χ0n) is 11.2. The van der Waals surface area contributed by atoms with E-state index in [1.807, 2.05) is 0 Å². The van der Waals surface area contributed by atoms with Crippen molar-refractivity contribution in [3.63, 3.8) is 0 Å². The maximum atomic E-state index is 6.19. The van der Waals surface area contributed by atoms with Crippen LogP contribution in [0.4, 0.5) is 0 Å². The summed E-state index contributed by atoms with van der Waals surface area (Å²) < 4.78 is 6.19. The average molecular weight is 213 g/mol. The van der Waals surface area contributed by atoms with Gasteiger partial charge in [0.2, 0.25) is 0 Å². The van der Waals surface area contributed by atoms with Crippen LogP contribution < -0.4 is 0 Å². The van der Waals surface area contributed by atoms with Gasteiger partial charge in [-0.1, -0.05) is 27.7 Å². The van der Waals surface area contributed by atoms with Crippen molar-refractivity contribution in [2.45, 2.75) is 59.7 Å². The third kappa shape index (κ3) is 2.21. The molecule has 1 saturated heterocycles. The summed E-state index contributed by atoms with van der Waals surface area (Å²) in [6.45, 7) is 15.7. The van der Waals surface area contributed by atoms with Crippen LogP contribution in [0.2, 0.25) is 0 Å². The fraction of sp³-hybridized carbons (Fsp3) is 1.00. The standard InChI is InChI=1S/C13H27NO/c1-10(2)13(11(3)4)14(12(5)6)8-7-9-15-13/h10-12H,7-9H2,1-6H3. The van der Waals surface area contributed by atoms with E-state index in [-0.39, 0.29) is 5.72 Å². The van der Waals surface area contributed by atoms with Gasteiger partial charge in [-0.25, -0.2) is 0 Å². The van der Waals surface area contributed by atoms with Crippen LogP contribution in [-0.2, 0) is 4.74 Å². The summed E-state index contributed by atoms with van der Waals surface area (Å²) in [6.07, 6.45) is 1.17. The van der Waals surface area contributed by atoms with E-state index >= 15 is 0 Å². The zero-order chi connectivity index (χ0) is 11.6. The first-order valence-electron chi connectivity index (χ1n) is 6.33. The Kier molecular flexibility index (Phi) is 4.19. The molecule has 0 radical (unpaired) electrons. The molecule has 0 unspecified atom stereocenters. The van der Waals surface area contributed by atoms with Gasteiger partial charge in [-0.15, -0.1) is 0 Å². The van der Waals surface area contributed by atoms with E-state index in [2.05, 4.69) is 46.4 Å². The highest BCUT2D eigenvalue weighted by molar-refractivity contribution is 4.91. The quantitative estimate of drug-likeness (QED) is 0.714. The normalized spacial score (nSPS) is 23.0. The Morgan fingerprint density at radius 2 is 1.53 bits per heavy atom. The molecular weight excluding hydrogens is 186 g/mol. The molecule has 0 bridgehead atoms. The van der Waals surface area contributed by atoms with Crippen LogP contribution in [0, 0.1) is 11.8 Å². The first-order valence-corrected chi connectivity index (χ1v) is 6.33. The van der Waals surface area contributed by atoms with E-state index in [1.54, 1.807) is 0 Å². The predicted molar refractivity (Wildman–Crippen MR) is 64.8 cm³/mol. The molecule has 0 aliphatic carbocycles.